The van der Waals surface area contributed by atoms with Crippen LogP contribution in [0.5, 0.6) is 0 Å². The Hall–Kier alpha value is -3.15. The Balaban J connectivity index is 1.61. The summed E-state index contributed by atoms with van der Waals surface area (Å²) in [6, 6.07) is 17.1. The van der Waals surface area contributed by atoms with Crippen molar-refractivity contribution in [1.82, 2.24) is 14.5 Å². The van der Waals surface area contributed by atoms with Crippen LogP contribution in [-0.4, -0.2) is 44.0 Å². The fraction of sp³-hybridized carbons (Fsp3) is 0.286. The molecule has 2 aromatic carbocycles. The summed E-state index contributed by atoms with van der Waals surface area (Å²) >= 11 is 0. The molecule has 0 spiro atoms. The van der Waals surface area contributed by atoms with Crippen molar-refractivity contribution >= 4 is 22.9 Å². The lowest BCUT2D eigenvalue weighted by Gasteiger charge is -2.21. The molecule has 27 heavy (non-hydrogen) atoms. The van der Waals surface area contributed by atoms with E-state index in [9.17, 15) is 14.7 Å². The number of carboxylic acids is 1. The van der Waals surface area contributed by atoms with Gasteiger partial charge in [-0.2, -0.15) is 0 Å². The molecular formula is C21H21N3O3. The molecule has 6 heteroatoms. The van der Waals surface area contributed by atoms with Crippen molar-refractivity contribution < 1.29 is 14.7 Å². The minimum atomic E-state index is -0.919. The number of hydrogen-bond donors (Lipinski definition) is 1. The van der Waals surface area contributed by atoms with Crippen molar-refractivity contribution in [3.8, 4) is 5.69 Å². The predicted molar refractivity (Wildman–Crippen MR) is 102 cm³/mol. The van der Waals surface area contributed by atoms with E-state index in [1.54, 1.807) is 0 Å². The van der Waals surface area contributed by atoms with Gasteiger partial charge in [-0.1, -0.05) is 30.3 Å². The summed E-state index contributed by atoms with van der Waals surface area (Å²) in [6.07, 6.45) is 1.99. The number of fused-ring (bicyclic) bond motifs is 1. The van der Waals surface area contributed by atoms with Crippen molar-refractivity contribution in [2.24, 2.45) is 0 Å². The van der Waals surface area contributed by atoms with Gasteiger partial charge in [-0.05, 0) is 37.1 Å². The van der Waals surface area contributed by atoms with Gasteiger partial charge >= 0.3 is 5.97 Å². The highest BCUT2D eigenvalue weighted by molar-refractivity contribution is 5.84. The van der Waals surface area contributed by atoms with E-state index in [1.807, 2.05) is 54.6 Å². The maximum atomic E-state index is 12.6. The molecule has 3 aromatic rings. The second-order valence-electron chi connectivity index (χ2n) is 6.77. The number of benzene rings is 2. The standard InChI is InChI=1S/C21H21N3O3/c25-20(23-14-6-11-18(23)21(26)27)13-12-19-22-16-9-4-5-10-17(16)24(19)15-7-2-1-3-8-15/h1-5,7-10,18H,6,11-14H2,(H,26,27). The average Bonchev–Trinajstić information content (AvgIpc) is 3.31. The van der Waals surface area contributed by atoms with E-state index in [1.165, 1.54) is 4.90 Å². The van der Waals surface area contributed by atoms with E-state index < -0.39 is 12.0 Å². The Labute approximate surface area is 157 Å². The van der Waals surface area contributed by atoms with Gasteiger partial charge in [-0.15, -0.1) is 0 Å². The summed E-state index contributed by atoms with van der Waals surface area (Å²) in [5.41, 5.74) is 2.88. The minimum Gasteiger partial charge on any atom is -0.480 e. The Morgan fingerprint density at radius 1 is 1.07 bits per heavy atom. The lowest BCUT2D eigenvalue weighted by atomic mass is 10.2. The molecule has 6 nitrogen and oxygen atoms in total. The third-order valence-electron chi connectivity index (χ3n) is 5.07. The second kappa shape index (κ2) is 7.23. The van der Waals surface area contributed by atoms with Gasteiger partial charge < -0.3 is 10.0 Å². The highest BCUT2D eigenvalue weighted by atomic mass is 16.4. The number of hydrogen-bond acceptors (Lipinski definition) is 3. The molecule has 1 amide bonds. The third-order valence-corrected chi connectivity index (χ3v) is 5.07. The molecule has 0 saturated carbocycles. The minimum absolute atomic E-state index is 0.119. The largest absolute Gasteiger partial charge is 0.480 e. The van der Waals surface area contributed by atoms with E-state index in [0.29, 0.717) is 19.4 Å². The number of carboxylic acid groups (broad SMARTS) is 1. The quantitative estimate of drug-likeness (QED) is 0.756. The number of aromatic nitrogens is 2. The number of para-hydroxylation sites is 3. The first-order valence-electron chi connectivity index (χ1n) is 9.19. The first kappa shape index (κ1) is 17.3. The fourth-order valence-corrected chi connectivity index (χ4v) is 3.79. The summed E-state index contributed by atoms with van der Waals surface area (Å²) in [4.78, 5) is 30.2. The van der Waals surface area contributed by atoms with Crippen LogP contribution in [0.25, 0.3) is 16.7 Å². The summed E-state index contributed by atoms with van der Waals surface area (Å²) in [7, 11) is 0. The van der Waals surface area contributed by atoms with Gasteiger partial charge in [0.25, 0.3) is 0 Å². The highest BCUT2D eigenvalue weighted by Crippen LogP contribution is 2.23. The van der Waals surface area contributed by atoms with Crippen molar-refractivity contribution in [2.45, 2.75) is 31.7 Å². The zero-order valence-corrected chi connectivity index (χ0v) is 14.9. The maximum absolute atomic E-state index is 12.6. The third kappa shape index (κ3) is 3.30. The summed E-state index contributed by atoms with van der Waals surface area (Å²) in [5.74, 6) is -0.231. The number of aryl methyl sites for hydroxylation is 1. The smallest absolute Gasteiger partial charge is 0.326 e. The average molecular weight is 363 g/mol. The number of amides is 1. The van der Waals surface area contributed by atoms with E-state index in [0.717, 1.165) is 29.0 Å². The SMILES string of the molecule is O=C(O)C1CCCN1C(=O)CCc1nc2ccccc2n1-c1ccccc1. The van der Waals surface area contributed by atoms with Crippen molar-refractivity contribution in [2.75, 3.05) is 6.54 Å². The van der Waals surface area contributed by atoms with Gasteiger partial charge in [0.15, 0.2) is 0 Å². The van der Waals surface area contributed by atoms with Crippen LogP contribution < -0.4 is 0 Å². The number of rotatable bonds is 5. The number of likely N-dealkylation sites (tertiary alicyclic amines) is 1. The summed E-state index contributed by atoms with van der Waals surface area (Å²) < 4.78 is 2.07. The second-order valence-corrected chi connectivity index (χ2v) is 6.77. The molecule has 2 heterocycles. The molecule has 1 fully saturated rings. The Kier molecular flexibility index (Phi) is 4.62. The van der Waals surface area contributed by atoms with Crippen LogP contribution >= 0.6 is 0 Å². The van der Waals surface area contributed by atoms with Crippen molar-refractivity contribution in [3.63, 3.8) is 0 Å². The van der Waals surface area contributed by atoms with Crippen LogP contribution in [-0.2, 0) is 16.0 Å². The molecule has 1 aromatic heterocycles. The normalized spacial score (nSPS) is 16.7. The van der Waals surface area contributed by atoms with E-state index >= 15 is 0 Å². The van der Waals surface area contributed by atoms with Gasteiger partial charge in [-0.3, -0.25) is 9.36 Å². The first-order valence-corrected chi connectivity index (χ1v) is 9.19. The monoisotopic (exact) mass is 363 g/mol. The molecule has 4 rings (SSSR count). The van der Waals surface area contributed by atoms with Gasteiger partial charge in [-0.25, -0.2) is 9.78 Å². The Bertz CT molecular complexity index is 981. The van der Waals surface area contributed by atoms with Gasteiger partial charge in [0.05, 0.1) is 11.0 Å². The molecule has 0 radical (unpaired) electrons. The van der Waals surface area contributed by atoms with E-state index in [-0.39, 0.29) is 12.3 Å². The van der Waals surface area contributed by atoms with Crippen molar-refractivity contribution in [1.29, 1.82) is 0 Å². The molecule has 0 aliphatic carbocycles. The van der Waals surface area contributed by atoms with Crippen LogP contribution in [0.15, 0.2) is 54.6 Å². The van der Waals surface area contributed by atoms with Crippen LogP contribution in [0.2, 0.25) is 0 Å². The molecule has 0 bridgehead atoms. The van der Waals surface area contributed by atoms with Gasteiger partial charge in [0.2, 0.25) is 5.91 Å². The zero-order chi connectivity index (χ0) is 18.8. The number of aliphatic carboxylic acids is 1. The molecular weight excluding hydrogens is 342 g/mol. The molecule has 1 saturated heterocycles. The lowest BCUT2D eigenvalue weighted by molar-refractivity contribution is -0.148. The molecule has 1 aliphatic rings. The topological polar surface area (TPSA) is 75.4 Å². The van der Waals surface area contributed by atoms with Crippen LogP contribution in [0.3, 0.4) is 0 Å². The molecule has 1 aliphatic heterocycles. The van der Waals surface area contributed by atoms with Crippen LogP contribution in [0.4, 0.5) is 0 Å². The predicted octanol–water partition coefficient (Wildman–Crippen LogP) is 3.03. The Morgan fingerprint density at radius 2 is 1.81 bits per heavy atom. The highest BCUT2D eigenvalue weighted by Gasteiger charge is 2.33. The number of nitrogens with zero attached hydrogens (tertiary/aromatic N) is 3. The number of imidazole rings is 1. The number of carbonyl (C=O) groups is 2. The van der Waals surface area contributed by atoms with Crippen molar-refractivity contribution in [3.05, 3.63) is 60.4 Å². The molecule has 1 unspecified atom stereocenters. The van der Waals surface area contributed by atoms with Gasteiger partial charge in [0.1, 0.15) is 11.9 Å². The summed E-state index contributed by atoms with van der Waals surface area (Å²) in [5, 5.41) is 9.30. The molecule has 138 valence electrons. The van der Waals surface area contributed by atoms with Gasteiger partial charge in [0, 0.05) is 25.1 Å². The van der Waals surface area contributed by atoms with Crippen LogP contribution in [0.1, 0.15) is 25.1 Å². The maximum Gasteiger partial charge on any atom is 0.326 e. The fourth-order valence-electron chi connectivity index (χ4n) is 3.79. The first-order chi connectivity index (χ1) is 13.1. The lowest BCUT2D eigenvalue weighted by Crippen LogP contribution is -2.40. The van der Waals surface area contributed by atoms with Crippen LogP contribution in [0, 0.1) is 0 Å². The zero-order valence-electron chi connectivity index (χ0n) is 14.9. The summed E-state index contributed by atoms with van der Waals surface area (Å²) in [6.45, 7) is 0.519. The molecule has 1 atom stereocenters. The molecule has 1 N–H and O–H groups in total. The van der Waals surface area contributed by atoms with E-state index in [4.69, 9.17) is 4.98 Å². The Morgan fingerprint density at radius 3 is 2.59 bits per heavy atom. The number of carbonyl (C=O) groups excluding carboxylic acids is 1. The van der Waals surface area contributed by atoms with E-state index in [2.05, 4.69) is 4.57 Å².